The van der Waals surface area contributed by atoms with Gasteiger partial charge in [-0.3, -0.25) is 9.78 Å². The summed E-state index contributed by atoms with van der Waals surface area (Å²) in [5.41, 5.74) is 4.03. The zero-order chi connectivity index (χ0) is 20.8. The number of aromatic nitrogens is 2. The molecule has 7 heteroatoms. The second-order valence-electron chi connectivity index (χ2n) is 9.45. The first-order valence-corrected chi connectivity index (χ1v) is 13.1. The Morgan fingerprint density at radius 2 is 2.19 bits per heavy atom. The number of unbranched alkanes of at least 4 members (excludes halogenated alkanes) is 1. The van der Waals surface area contributed by atoms with Crippen molar-refractivity contribution in [3.8, 4) is 10.6 Å². The van der Waals surface area contributed by atoms with E-state index in [0.29, 0.717) is 24.2 Å². The smallest absolute Gasteiger partial charge is 0.138 e. The Labute approximate surface area is 190 Å². The number of thiazole rings is 1. The maximum absolute atomic E-state index is 12.9. The van der Waals surface area contributed by atoms with Crippen molar-refractivity contribution in [3.63, 3.8) is 0 Å². The summed E-state index contributed by atoms with van der Waals surface area (Å²) in [7, 11) is 0. The Hall–Kier alpha value is -1.67. The summed E-state index contributed by atoms with van der Waals surface area (Å²) in [4.78, 5) is 24.6. The molecule has 0 aromatic carbocycles. The zero-order valence-electron chi connectivity index (χ0n) is 17.7. The average molecular weight is 453 g/mol. The summed E-state index contributed by atoms with van der Waals surface area (Å²) in [6.07, 6.45) is 12.1. The van der Waals surface area contributed by atoms with Gasteiger partial charge in [-0.25, -0.2) is 4.98 Å². The fraction of sp³-hybridized carbons (Fsp3) is 0.542. The van der Waals surface area contributed by atoms with Crippen molar-refractivity contribution in [1.82, 2.24) is 20.6 Å². The molecule has 1 aliphatic carbocycles. The lowest BCUT2D eigenvalue weighted by atomic mass is 9.71. The molecule has 0 amide bonds. The lowest BCUT2D eigenvalue weighted by molar-refractivity contribution is -0.118. The van der Waals surface area contributed by atoms with Crippen LogP contribution in [0, 0.1) is 5.92 Å². The van der Waals surface area contributed by atoms with Crippen LogP contribution in [0.3, 0.4) is 0 Å². The second-order valence-corrected chi connectivity index (χ2v) is 11.7. The van der Waals surface area contributed by atoms with Gasteiger partial charge in [-0.15, -0.1) is 22.7 Å². The number of carbonyl (C=O) groups excluding carboxylic acids is 1. The topological polar surface area (TPSA) is 66.9 Å². The van der Waals surface area contributed by atoms with Gasteiger partial charge in [0.15, 0.2) is 0 Å². The normalized spacial score (nSPS) is 24.3. The Morgan fingerprint density at radius 1 is 1.26 bits per heavy atom. The van der Waals surface area contributed by atoms with Crippen LogP contribution in [-0.2, 0) is 24.2 Å². The Kier molecular flexibility index (Phi) is 5.17. The van der Waals surface area contributed by atoms with Crippen LogP contribution in [0.15, 0.2) is 18.5 Å². The SMILES string of the molecule is O=C(CCCCC12CC(CN1)C2)Cc1sc2c(c1-c1nc3cnccc3s1)CCNC2. The van der Waals surface area contributed by atoms with Crippen molar-refractivity contribution in [2.24, 2.45) is 5.92 Å². The molecule has 0 unspecified atom stereocenters. The Morgan fingerprint density at radius 3 is 3.03 bits per heavy atom. The van der Waals surface area contributed by atoms with Gasteiger partial charge in [0.05, 0.1) is 10.9 Å². The first kappa shape index (κ1) is 20.0. The predicted octanol–water partition coefficient (Wildman–Crippen LogP) is 4.49. The van der Waals surface area contributed by atoms with Crippen molar-refractivity contribution in [2.75, 3.05) is 13.1 Å². The molecule has 31 heavy (non-hydrogen) atoms. The van der Waals surface area contributed by atoms with E-state index in [0.717, 1.165) is 53.5 Å². The number of ketones is 1. The van der Waals surface area contributed by atoms with E-state index in [1.54, 1.807) is 11.3 Å². The quantitative estimate of drug-likeness (QED) is 0.493. The minimum atomic E-state index is 0.374. The molecule has 5 nitrogen and oxygen atoms in total. The number of Topliss-reactive ketones (excluding diaryl/α,β-unsaturated/α-hetero) is 1. The fourth-order valence-electron chi connectivity index (χ4n) is 5.69. The van der Waals surface area contributed by atoms with Gasteiger partial charge in [-0.2, -0.15) is 0 Å². The maximum Gasteiger partial charge on any atom is 0.138 e. The van der Waals surface area contributed by atoms with Crippen LogP contribution in [0.25, 0.3) is 20.8 Å². The van der Waals surface area contributed by atoms with Crippen LogP contribution in [-0.4, -0.2) is 34.4 Å². The van der Waals surface area contributed by atoms with Crippen LogP contribution >= 0.6 is 22.7 Å². The van der Waals surface area contributed by atoms with Crippen molar-refractivity contribution in [3.05, 3.63) is 33.8 Å². The molecule has 3 fully saturated rings. The van der Waals surface area contributed by atoms with Gasteiger partial charge in [-0.1, -0.05) is 6.42 Å². The standard InChI is InChI=1S/C24H28N4OS2/c29-16(3-1-2-6-24-10-15(11-24)12-27-24)9-20-22(17-4-7-26-14-21(17)30-20)23-28-18-13-25-8-5-19(18)31-23/h5,8,13,15,26-27H,1-4,6-7,9-12,14H2. The minimum Gasteiger partial charge on any atom is -0.312 e. The summed E-state index contributed by atoms with van der Waals surface area (Å²) in [6.45, 7) is 3.11. The number of nitrogens with zero attached hydrogens (tertiary/aromatic N) is 2. The number of carbonyl (C=O) groups is 1. The first-order chi connectivity index (χ1) is 15.2. The zero-order valence-corrected chi connectivity index (χ0v) is 19.3. The van der Waals surface area contributed by atoms with Gasteiger partial charge in [0.2, 0.25) is 0 Å². The molecular weight excluding hydrogens is 424 g/mol. The Bertz CT molecular complexity index is 1090. The second kappa shape index (κ2) is 8.03. The molecule has 2 N–H and O–H groups in total. The van der Waals surface area contributed by atoms with Crippen molar-refractivity contribution in [1.29, 1.82) is 0 Å². The van der Waals surface area contributed by atoms with Gasteiger partial charge >= 0.3 is 0 Å². The van der Waals surface area contributed by atoms with Crippen LogP contribution < -0.4 is 10.6 Å². The molecule has 162 valence electrons. The van der Waals surface area contributed by atoms with E-state index in [9.17, 15) is 4.79 Å². The largest absolute Gasteiger partial charge is 0.312 e. The van der Waals surface area contributed by atoms with Crippen molar-refractivity contribution >= 4 is 38.7 Å². The molecule has 0 atom stereocenters. The molecule has 2 bridgehead atoms. The molecule has 3 aliphatic heterocycles. The van der Waals surface area contributed by atoms with Crippen LogP contribution in [0.2, 0.25) is 0 Å². The molecular formula is C24H28N4OS2. The predicted molar refractivity (Wildman–Crippen MR) is 127 cm³/mol. The molecule has 0 spiro atoms. The third-order valence-electron chi connectivity index (χ3n) is 7.25. The van der Waals surface area contributed by atoms with Crippen molar-refractivity contribution < 1.29 is 4.79 Å². The van der Waals surface area contributed by atoms with Crippen molar-refractivity contribution in [2.45, 2.75) is 63.5 Å². The van der Waals surface area contributed by atoms with Gasteiger partial charge in [-0.05, 0) is 62.7 Å². The number of fused-ring (bicyclic) bond motifs is 3. The third-order valence-corrected chi connectivity index (χ3v) is 9.53. The highest BCUT2D eigenvalue weighted by Crippen LogP contribution is 2.46. The minimum absolute atomic E-state index is 0.374. The number of pyridine rings is 1. The average Bonchev–Trinajstić information content (AvgIpc) is 3.51. The number of rotatable bonds is 8. The molecule has 3 aromatic heterocycles. The van der Waals surface area contributed by atoms with E-state index in [4.69, 9.17) is 4.98 Å². The van der Waals surface area contributed by atoms with Gasteiger partial charge in [0, 0.05) is 46.4 Å². The highest BCUT2D eigenvalue weighted by molar-refractivity contribution is 7.22. The van der Waals surface area contributed by atoms with E-state index in [1.807, 2.05) is 29.8 Å². The summed E-state index contributed by atoms with van der Waals surface area (Å²) < 4.78 is 1.16. The van der Waals surface area contributed by atoms with E-state index < -0.39 is 0 Å². The molecule has 2 saturated heterocycles. The summed E-state index contributed by atoms with van der Waals surface area (Å²) in [5.74, 6) is 1.30. The molecule has 4 aliphatic rings. The van der Waals surface area contributed by atoms with Crippen LogP contribution in [0.4, 0.5) is 0 Å². The lowest BCUT2D eigenvalue weighted by Crippen LogP contribution is -2.42. The van der Waals surface area contributed by atoms with E-state index in [2.05, 4.69) is 15.6 Å². The molecule has 3 aromatic rings. The van der Waals surface area contributed by atoms with Gasteiger partial charge < -0.3 is 10.6 Å². The monoisotopic (exact) mass is 452 g/mol. The third kappa shape index (κ3) is 3.75. The molecule has 1 saturated carbocycles. The van der Waals surface area contributed by atoms with Crippen LogP contribution in [0.1, 0.15) is 53.8 Å². The summed E-state index contributed by atoms with van der Waals surface area (Å²) in [5, 5.41) is 8.23. The number of nitrogens with one attached hydrogen (secondary N) is 2. The van der Waals surface area contributed by atoms with E-state index in [-0.39, 0.29) is 0 Å². The van der Waals surface area contributed by atoms with E-state index in [1.165, 1.54) is 46.7 Å². The maximum atomic E-state index is 12.9. The first-order valence-electron chi connectivity index (χ1n) is 11.5. The highest BCUT2D eigenvalue weighted by Gasteiger charge is 2.49. The number of hydrogen-bond acceptors (Lipinski definition) is 7. The lowest BCUT2D eigenvalue weighted by Gasteiger charge is -2.37. The Balaban J connectivity index is 1.17. The fourth-order valence-corrected chi connectivity index (χ4v) is 8.14. The number of hydrogen-bond donors (Lipinski definition) is 2. The number of thiophene rings is 1. The van der Waals surface area contributed by atoms with Gasteiger partial charge in [0.1, 0.15) is 16.3 Å². The van der Waals surface area contributed by atoms with Gasteiger partial charge in [0.25, 0.3) is 0 Å². The van der Waals surface area contributed by atoms with E-state index >= 15 is 0 Å². The summed E-state index contributed by atoms with van der Waals surface area (Å²) >= 11 is 3.54. The molecule has 7 rings (SSSR count). The summed E-state index contributed by atoms with van der Waals surface area (Å²) in [6, 6.07) is 2.03. The molecule has 6 heterocycles. The van der Waals surface area contributed by atoms with Crippen LogP contribution in [0.5, 0.6) is 0 Å². The highest BCUT2D eigenvalue weighted by atomic mass is 32.1. The molecule has 0 radical (unpaired) electrons.